The van der Waals surface area contributed by atoms with Crippen LogP contribution in [0.4, 0.5) is 5.69 Å². The first kappa shape index (κ1) is 14.2. The van der Waals surface area contributed by atoms with Crippen LogP contribution in [0.15, 0.2) is 12.1 Å². The normalized spacial score (nSPS) is 10.0. The molecule has 100 valence electrons. The van der Waals surface area contributed by atoms with E-state index in [-0.39, 0.29) is 5.56 Å². The van der Waals surface area contributed by atoms with Crippen molar-refractivity contribution in [3.8, 4) is 11.5 Å². The number of carbonyl (C=O) groups is 1. The summed E-state index contributed by atoms with van der Waals surface area (Å²) in [4.78, 5) is 13.2. The predicted octanol–water partition coefficient (Wildman–Crippen LogP) is 2.25. The van der Waals surface area contributed by atoms with E-state index in [2.05, 4.69) is 0 Å². The van der Waals surface area contributed by atoms with Gasteiger partial charge in [0.05, 0.1) is 25.5 Å². The van der Waals surface area contributed by atoms with Crippen molar-refractivity contribution >= 4 is 11.7 Å². The minimum Gasteiger partial charge on any atom is -0.493 e. The average molecular weight is 253 g/mol. The van der Waals surface area contributed by atoms with Crippen molar-refractivity contribution in [3.05, 3.63) is 17.7 Å². The summed E-state index contributed by atoms with van der Waals surface area (Å²) in [7, 11) is 3.04. The summed E-state index contributed by atoms with van der Waals surface area (Å²) >= 11 is 0. The van der Waals surface area contributed by atoms with Gasteiger partial charge in [0.2, 0.25) is 0 Å². The van der Waals surface area contributed by atoms with Crippen LogP contribution in [-0.2, 0) is 0 Å². The summed E-state index contributed by atoms with van der Waals surface area (Å²) in [6, 6.07) is 3.15. The minimum absolute atomic E-state index is 0.219. The van der Waals surface area contributed by atoms with Gasteiger partial charge >= 0.3 is 5.97 Å². The van der Waals surface area contributed by atoms with E-state index in [1.165, 1.54) is 20.3 Å². The van der Waals surface area contributed by atoms with Gasteiger partial charge in [0, 0.05) is 13.1 Å². The van der Waals surface area contributed by atoms with Gasteiger partial charge in [-0.15, -0.1) is 0 Å². The molecule has 0 aliphatic carbocycles. The van der Waals surface area contributed by atoms with Gasteiger partial charge in [-0.3, -0.25) is 0 Å². The van der Waals surface area contributed by atoms with E-state index in [0.717, 1.165) is 0 Å². The maximum atomic E-state index is 11.3. The van der Waals surface area contributed by atoms with Crippen LogP contribution in [0.1, 0.15) is 24.2 Å². The Bertz CT molecular complexity index is 427. The van der Waals surface area contributed by atoms with Crippen LogP contribution in [0.5, 0.6) is 11.5 Å². The number of hydrogen-bond acceptors (Lipinski definition) is 4. The van der Waals surface area contributed by atoms with E-state index in [9.17, 15) is 9.90 Å². The van der Waals surface area contributed by atoms with Crippen molar-refractivity contribution in [2.24, 2.45) is 0 Å². The van der Waals surface area contributed by atoms with Crippen LogP contribution < -0.4 is 14.4 Å². The van der Waals surface area contributed by atoms with Gasteiger partial charge in [0.25, 0.3) is 0 Å². The molecule has 0 radical (unpaired) electrons. The Labute approximate surface area is 107 Å². The van der Waals surface area contributed by atoms with Gasteiger partial charge in [-0.1, -0.05) is 0 Å². The fraction of sp³-hybridized carbons (Fsp3) is 0.462. The molecule has 1 rings (SSSR count). The van der Waals surface area contributed by atoms with Crippen LogP contribution in [-0.4, -0.2) is 38.4 Å². The highest BCUT2D eigenvalue weighted by Gasteiger charge is 2.22. The SMILES string of the molecule is CCN(CC)c1c(C(=O)O)ccc(OC)c1OC. The second kappa shape index (κ2) is 6.14. The highest BCUT2D eigenvalue weighted by molar-refractivity contribution is 5.97. The van der Waals surface area contributed by atoms with Crippen LogP contribution in [0, 0.1) is 0 Å². The standard InChI is InChI=1S/C13H19NO4/c1-5-14(6-2)11-9(13(15)16)7-8-10(17-3)12(11)18-4/h7-8H,5-6H2,1-4H3,(H,15,16). The third-order valence-electron chi connectivity index (χ3n) is 2.83. The Balaban J connectivity index is 3.52. The molecule has 0 bridgehead atoms. The Morgan fingerprint density at radius 1 is 1.22 bits per heavy atom. The van der Waals surface area contributed by atoms with E-state index in [0.29, 0.717) is 30.3 Å². The van der Waals surface area contributed by atoms with Gasteiger partial charge in [-0.25, -0.2) is 4.79 Å². The summed E-state index contributed by atoms with van der Waals surface area (Å²) in [5, 5.41) is 9.27. The third kappa shape index (κ3) is 2.50. The van der Waals surface area contributed by atoms with Crippen molar-refractivity contribution < 1.29 is 19.4 Å². The lowest BCUT2D eigenvalue weighted by Crippen LogP contribution is -2.25. The number of carboxylic acids is 1. The molecule has 0 aliphatic heterocycles. The molecule has 0 aromatic heterocycles. The molecule has 0 atom stereocenters. The molecule has 5 nitrogen and oxygen atoms in total. The second-order valence-corrected chi connectivity index (χ2v) is 3.67. The van der Waals surface area contributed by atoms with Gasteiger partial charge in [0.15, 0.2) is 11.5 Å². The van der Waals surface area contributed by atoms with Gasteiger partial charge in [-0.05, 0) is 26.0 Å². The van der Waals surface area contributed by atoms with Crippen LogP contribution in [0.2, 0.25) is 0 Å². The molecule has 1 aromatic carbocycles. The largest absolute Gasteiger partial charge is 0.493 e. The number of nitrogens with zero attached hydrogens (tertiary/aromatic N) is 1. The molecule has 0 unspecified atom stereocenters. The van der Waals surface area contributed by atoms with E-state index in [4.69, 9.17) is 9.47 Å². The summed E-state index contributed by atoms with van der Waals surface area (Å²) in [5.41, 5.74) is 0.783. The fourth-order valence-electron chi connectivity index (χ4n) is 1.94. The summed E-state index contributed by atoms with van der Waals surface area (Å²) in [6.45, 7) is 5.32. The smallest absolute Gasteiger partial charge is 0.337 e. The Morgan fingerprint density at radius 3 is 2.22 bits per heavy atom. The number of aromatic carboxylic acids is 1. The zero-order valence-electron chi connectivity index (χ0n) is 11.2. The molecule has 18 heavy (non-hydrogen) atoms. The molecule has 0 saturated carbocycles. The first-order valence-corrected chi connectivity index (χ1v) is 5.83. The number of rotatable bonds is 6. The zero-order chi connectivity index (χ0) is 13.7. The third-order valence-corrected chi connectivity index (χ3v) is 2.83. The van der Waals surface area contributed by atoms with Crippen LogP contribution in [0.3, 0.4) is 0 Å². The lowest BCUT2D eigenvalue weighted by molar-refractivity contribution is 0.0697. The van der Waals surface area contributed by atoms with Gasteiger partial charge in [0.1, 0.15) is 0 Å². The Kier molecular flexibility index (Phi) is 4.83. The highest BCUT2D eigenvalue weighted by atomic mass is 16.5. The first-order chi connectivity index (χ1) is 8.60. The molecule has 0 fully saturated rings. The second-order valence-electron chi connectivity index (χ2n) is 3.67. The molecule has 0 aliphatic rings. The number of carboxylic acid groups (broad SMARTS) is 1. The van der Waals surface area contributed by atoms with Crippen molar-refractivity contribution in [2.45, 2.75) is 13.8 Å². The first-order valence-electron chi connectivity index (χ1n) is 5.83. The number of hydrogen-bond donors (Lipinski definition) is 1. The van der Waals surface area contributed by atoms with Crippen LogP contribution in [0.25, 0.3) is 0 Å². The van der Waals surface area contributed by atoms with E-state index >= 15 is 0 Å². The lowest BCUT2D eigenvalue weighted by Gasteiger charge is -2.26. The maximum Gasteiger partial charge on any atom is 0.337 e. The van der Waals surface area contributed by atoms with Crippen LogP contribution >= 0.6 is 0 Å². The number of anilines is 1. The minimum atomic E-state index is -0.974. The number of methoxy groups -OCH3 is 2. The van der Waals surface area contributed by atoms with Crippen molar-refractivity contribution in [1.82, 2.24) is 0 Å². The summed E-state index contributed by atoms with van der Waals surface area (Å²) in [5.74, 6) is 0.0170. The highest BCUT2D eigenvalue weighted by Crippen LogP contribution is 2.40. The van der Waals surface area contributed by atoms with Crippen molar-refractivity contribution in [2.75, 3.05) is 32.2 Å². The van der Waals surface area contributed by atoms with E-state index in [1.54, 1.807) is 6.07 Å². The fourth-order valence-corrected chi connectivity index (χ4v) is 1.94. The monoisotopic (exact) mass is 253 g/mol. The number of benzene rings is 1. The molecular formula is C13H19NO4. The molecular weight excluding hydrogens is 234 g/mol. The topological polar surface area (TPSA) is 59.0 Å². The van der Waals surface area contributed by atoms with Gasteiger partial charge in [-0.2, -0.15) is 0 Å². The van der Waals surface area contributed by atoms with E-state index in [1.807, 2.05) is 18.7 Å². The maximum absolute atomic E-state index is 11.3. The molecule has 0 saturated heterocycles. The molecule has 0 amide bonds. The van der Waals surface area contributed by atoms with E-state index < -0.39 is 5.97 Å². The Morgan fingerprint density at radius 2 is 1.83 bits per heavy atom. The van der Waals surface area contributed by atoms with Gasteiger partial charge < -0.3 is 19.5 Å². The Hall–Kier alpha value is -1.91. The summed E-state index contributed by atoms with van der Waals surface area (Å²) in [6.07, 6.45) is 0. The molecule has 1 aromatic rings. The lowest BCUT2D eigenvalue weighted by atomic mass is 10.1. The average Bonchev–Trinajstić information content (AvgIpc) is 2.38. The van der Waals surface area contributed by atoms with Crippen molar-refractivity contribution in [1.29, 1.82) is 0 Å². The molecule has 0 heterocycles. The predicted molar refractivity (Wildman–Crippen MR) is 70.1 cm³/mol. The summed E-state index contributed by atoms with van der Waals surface area (Å²) < 4.78 is 10.5. The quantitative estimate of drug-likeness (QED) is 0.842. The molecule has 1 N–H and O–H groups in total. The zero-order valence-corrected chi connectivity index (χ0v) is 11.2. The molecule has 5 heteroatoms. The number of ether oxygens (including phenoxy) is 2. The molecule has 0 spiro atoms. The van der Waals surface area contributed by atoms with Crippen molar-refractivity contribution in [3.63, 3.8) is 0 Å².